The first-order valence-corrected chi connectivity index (χ1v) is 7.63. The molecule has 106 valence electrons. The molecule has 0 fully saturated rings. The fraction of sp³-hybridized carbons (Fsp3) is 0.688. The Morgan fingerprint density at radius 3 is 2.79 bits per heavy atom. The van der Waals surface area contributed by atoms with Gasteiger partial charge in [0.2, 0.25) is 5.56 Å². The van der Waals surface area contributed by atoms with E-state index in [0.717, 1.165) is 24.5 Å². The number of H-pyrrole nitrogens is 1. The topological polar surface area (TPSA) is 44.9 Å². The van der Waals surface area contributed by atoms with Crippen LogP contribution in [-0.4, -0.2) is 11.0 Å². The summed E-state index contributed by atoms with van der Waals surface area (Å²) in [5, 5.41) is 3.77. The highest BCUT2D eigenvalue weighted by Gasteiger charge is 2.24. The Balaban J connectivity index is 2.13. The van der Waals surface area contributed by atoms with Crippen LogP contribution in [-0.2, 0) is 6.42 Å². The third-order valence-electron chi connectivity index (χ3n) is 4.55. The fourth-order valence-electron chi connectivity index (χ4n) is 3.32. The Hall–Kier alpha value is -1.09. The van der Waals surface area contributed by atoms with E-state index in [1.54, 1.807) is 6.07 Å². The zero-order chi connectivity index (χ0) is 13.8. The maximum atomic E-state index is 11.4. The molecule has 0 radical (unpaired) electrons. The molecule has 0 saturated heterocycles. The number of hydrogen-bond acceptors (Lipinski definition) is 2. The van der Waals surface area contributed by atoms with Crippen LogP contribution in [0.25, 0.3) is 0 Å². The summed E-state index contributed by atoms with van der Waals surface area (Å²) in [5.41, 5.74) is 2.45. The number of hydrogen-bond donors (Lipinski definition) is 2. The molecule has 1 aliphatic carbocycles. The van der Waals surface area contributed by atoms with Crippen molar-refractivity contribution in [2.45, 2.75) is 65.0 Å². The first-order chi connectivity index (χ1) is 9.15. The summed E-state index contributed by atoms with van der Waals surface area (Å²) in [6, 6.07) is 4.58. The molecule has 2 atom stereocenters. The molecule has 1 aromatic heterocycles. The maximum Gasteiger partial charge on any atom is 0.248 e. The molecular weight excluding hydrogens is 236 g/mol. The summed E-state index contributed by atoms with van der Waals surface area (Å²) < 4.78 is 0. The maximum absolute atomic E-state index is 11.4. The summed E-state index contributed by atoms with van der Waals surface area (Å²) in [6.07, 6.45) is 5.76. The van der Waals surface area contributed by atoms with E-state index in [0.29, 0.717) is 12.1 Å². The van der Waals surface area contributed by atoms with Crippen LogP contribution >= 0.6 is 0 Å². The second-order valence-corrected chi connectivity index (χ2v) is 5.73. The lowest BCUT2D eigenvalue weighted by Crippen LogP contribution is -2.38. The first-order valence-electron chi connectivity index (χ1n) is 7.63. The molecule has 1 aromatic rings. The second kappa shape index (κ2) is 6.38. The van der Waals surface area contributed by atoms with Gasteiger partial charge in [-0.1, -0.05) is 32.8 Å². The number of aryl methyl sites for hydroxylation is 1. The van der Waals surface area contributed by atoms with Gasteiger partial charge in [0.1, 0.15) is 0 Å². The van der Waals surface area contributed by atoms with Gasteiger partial charge in [-0.05, 0) is 37.7 Å². The summed E-state index contributed by atoms with van der Waals surface area (Å²) in [7, 11) is 0. The van der Waals surface area contributed by atoms with Crippen molar-refractivity contribution >= 4 is 0 Å². The van der Waals surface area contributed by atoms with Gasteiger partial charge in [0.25, 0.3) is 0 Å². The number of aromatic amines is 1. The van der Waals surface area contributed by atoms with Crippen LogP contribution in [0, 0.1) is 5.92 Å². The van der Waals surface area contributed by atoms with Crippen molar-refractivity contribution < 1.29 is 0 Å². The number of aromatic nitrogens is 1. The van der Waals surface area contributed by atoms with Gasteiger partial charge in [-0.25, -0.2) is 0 Å². The van der Waals surface area contributed by atoms with E-state index in [-0.39, 0.29) is 5.56 Å². The van der Waals surface area contributed by atoms with Gasteiger partial charge in [-0.2, -0.15) is 0 Å². The fourth-order valence-corrected chi connectivity index (χ4v) is 3.32. The quantitative estimate of drug-likeness (QED) is 0.856. The average molecular weight is 262 g/mol. The van der Waals surface area contributed by atoms with E-state index >= 15 is 0 Å². The van der Waals surface area contributed by atoms with Gasteiger partial charge in [0.05, 0.1) is 0 Å². The van der Waals surface area contributed by atoms with E-state index in [9.17, 15) is 4.79 Å². The summed E-state index contributed by atoms with van der Waals surface area (Å²) in [4.78, 5) is 14.4. The molecule has 0 saturated carbocycles. The molecule has 1 aliphatic rings. The third-order valence-corrected chi connectivity index (χ3v) is 4.55. The molecule has 2 rings (SSSR count). The number of nitrogens with one attached hydrogen (secondary N) is 2. The van der Waals surface area contributed by atoms with Crippen LogP contribution in [0.3, 0.4) is 0 Å². The Kier molecular flexibility index (Phi) is 4.81. The van der Waals surface area contributed by atoms with Gasteiger partial charge in [0, 0.05) is 23.8 Å². The van der Waals surface area contributed by atoms with Crippen molar-refractivity contribution in [3.05, 3.63) is 33.7 Å². The van der Waals surface area contributed by atoms with E-state index < -0.39 is 0 Å². The Morgan fingerprint density at radius 1 is 1.37 bits per heavy atom. The number of fused-ring (bicyclic) bond motifs is 1. The summed E-state index contributed by atoms with van der Waals surface area (Å²) in [6.45, 7) is 6.81. The molecule has 0 spiro atoms. The molecule has 2 N–H and O–H groups in total. The lowest BCUT2D eigenvalue weighted by atomic mass is 9.88. The van der Waals surface area contributed by atoms with E-state index in [1.807, 2.05) is 6.07 Å². The minimum atomic E-state index is 0.0208. The Morgan fingerprint density at radius 2 is 2.11 bits per heavy atom. The minimum Gasteiger partial charge on any atom is -0.326 e. The lowest BCUT2D eigenvalue weighted by molar-refractivity contribution is 0.306. The zero-order valence-corrected chi connectivity index (χ0v) is 12.3. The summed E-state index contributed by atoms with van der Waals surface area (Å²) in [5.74, 6) is 0.730. The molecule has 0 bridgehead atoms. The van der Waals surface area contributed by atoms with Crippen LogP contribution in [0.5, 0.6) is 0 Å². The van der Waals surface area contributed by atoms with Crippen molar-refractivity contribution in [3.8, 4) is 0 Å². The van der Waals surface area contributed by atoms with Crippen LogP contribution in [0.1, 0.15) is 63.8 Å². The van der Waals surface area contributed by atoms with Crippen LogP contribution in [0.2, 0.25) is 0 Å². The molecule has 0 aliphatic heterocycles. The van der Waals surface area contributed by atoms with Crippen LogP contribution in [0.15, 0.2) is 16.9 Å². The van der Waals surface area contributed by atoms with Gasteiger partial charge in [-0.3, -0.25) is 4.79 Å². The summed E-state index contributed by atoms with van der Waals surface area (Å²) >= 11 is 0. The van der Waals surface area contributed by atoms with Crippen LogP contribution in [0.4, 0.5) is 0 Å². The molecule has 2 unspecified atom stereocenters. The van der Waals surface area contributed by atoms with Gasteiger partial charge >= 0.3 is 0 Å². The van der Waals surface area contributed by atoms with Crippen LogP contribution < -0.4 is 10.9 Å². The van der Waals surface area contributed by atoms with Gasteiger partial charge in [0.15, 0.2) is 0 Å². The largest absolute Gasteiger partial charge is 0.326 e. The minimum absolute atomic E-state index is 0.0208. The molecule has 3 nitrogen and oxygen atoms in total. The van der Waals surface area contributed by atoms with Crippen molar-refractivity contribution in [1.82, 2.24) is 10.3 Å². The molecule has 1 heterocycles. The molecule has 0 aromatic carbocycles. The van der Waals surface area contributed by atoms with E-state index in [2.05, 4.69) is 31.1 Å². The predicted octanol–water partition coefficient (Wildman–Crippen LogP) is 3.17. The standard InChI is InChI=1S/C16H26N2O/c1-4-12(5-2)11(3)17-14-7-6-8-15-13(14)9-10-16(19)18-15/h9-12,14,17H,4-8H2,1-3H3,(H,18,19). The Labute approximate surface area is 115 Å². The molecular formula is C16H26N2O. The number of rotatable bonds is 5. The monoisotopic (exact) mass is 262 g/mol. The first kappa shape index (κ1) is 14.3. The van der Waals surface area contributed by atoms with Crippen molar-refractivity contribution in [3.63, 3.8) is 0 Å². The normalized spacial score (nSPS) is 20.3. The Bertz CT molecular complexity index is 462. The van der Waals surface area contributed by atoms with E-state index in [1.165, 1.54) is 24.8 Å². The smallest absolute Gasteiger partial charge is 0.248 e. The SMILES string of the molecule is CCC(CC)C(C)NC1CCCc2[nH]c(=O)ccc21. The van der Waals surface area contributed by atoms with Crippen molar-refractivity contribution in [2.75, 3.05) is 0 Å². The van der Waals surface area contributed by atoms with Crippen molar-refractivity contribution in [2.24, 2.45) is 5.92 Å². The highest BCUT2D eigenvalue weighted by Crippen LogP contribution is 2.29. The predicted molar refractivity (Wildman–Crippen MR) is 79.4 cm³/mol. The van der Waals surface area contributed by atoms with Gasteiger partial charge in [-0.15, -0.1) is 0 Å². The van der Waals surface area contributed by atoms with E-state index in [4.69, 9.17) is 0 Å². The van der Waals surface area contributed by atoms with Crippen molar-refractivity contribution in [1.29, 1.82) is 0 Å². The zero-order valence-electron chi connectivity index (χ0n) is 12.3. The highest BCUT2D eigenvalue weighted by atomic mass is 16.1. The highest BCUT2D eigenvalue weighted by molar-refractivity contribution is 5.26. The number of pyridine rings is 1. The van der Waals surface area contributed by atoms with Gasteiger partial charge < -0.3 is 10.3 Å². The average Bonchev–Trinajstić information content (AvgIpc) is 2.40. The third kappa shape index (κ3) is 3.27. The molecule has 3 heteroatoms. The molecule has 19 heavy (non-hydrogen) atoms. The molecule has 0 amide bonds. The lowest BCUT2D eigenvalue weighted by Gasteiger charge is -2.32. The second-order valence-electron chi connectivity index (χ2n) is 5.73.